The summed E-state index contributed by atoms with van der Waals surface area (Å²) in [5.74, 6) is 1.91. The summed E-state index contributed by atoms with van der Waals surface area (Å²) in [4.78, 5) is 15.5. The summed E-state index contributed by atoms with van der Waals surface area (Å²) >= 11 is 1.86. The molecular formula is C57H35N5S. The third-order valence-corrected chi connectivity index (χ3v) is 13.5. The van der Waals surface area contributed by atoms with Gasteiger partial charge in [0.05, 0.1) is 32.5 Å². The topological polar surface area (TPSA) is 48.5 Å². The van der Waals surface area contributed by atoms with Crippen molar-refractivity contribution in [3.8, 4) is 56.7 Å². The normalized spacial score (nSPS) is 11.8. The predicted molar refractivity (Wildman–Crippen MR) is 263 cm³/mol. The van der Waals surface area contributed by atoms with Gasteiger partial charge < -0.3 is 9.13 Å². The fourth-order valence-corrected chi connectivity index (χ4v) is 10.8. The molecule has 0 radical (unpaired) electrons. The van der Waals surface area contributed by atoms with Crippen molar-refractivity contribution < 1.29 is 0 Å². The monoisotopic (exact) mass is 821 g/mol. The maximum atomic E-state index is 5.23. The van der Waals surface area contributed by atoms with Gasteiger partial charge >= 0.3 is 0 Å². The summed E-state index contributed by atoms with van der Waals surface area (Å²) < 4.78 is 7.40. The van der Waals surface area contributed by atoms with Gasteiger partial charge in [-0.15, -0.1) is 11.3 Å². The molecule has 0 saturated heterocycles. The van der Waals surface area contributed by atoms with Gasteiger partial charge in [0, 0.05) is 59.4 Å². The van der Waals surface area contributed by atoms with E-state index >= 15 is 0 Å². The van der Waals surface area contributed by atoms with E-state index in [4.69, 9.17) is 15.0 Å². The molecule has 0 bridgehead atoms. The Balaban J connectivity index is 1.11. The van der Waals surface area contributed by atoms with Gasteiger partial charge in [0.25, 0.3) is 0 Å². The lowest BCUT2D eigenvalue weighted by atomic mass is 10.0. The zero-order valence-corrected chi connectivity index (χ0v) is 34.7. The van der Waals surface area contributed by atoms with Crippen LogP contribution in [0.15, 0.2) is 212 Å². The van der Waals surface area contributed by atoms with Crippen molar-refractivity contribution in [1.82, 2.24) is 24.1 Å². The highest BCUT2D eigenvalue weighted by Gasteiger charge is 2.24. The minimum atomic E-state index is 0.629. The van der Waals surface area contributed by atoms with Gasteiger partial charge in [-0.05, 0) is 53.6 Å². The average molecular weight is 822 g/mol. The second-order valence-electron chi connectivity index (χ2n) is 16.0. The molecule has 0 atom stereocenters. The second kappa shape index (κ2) is 14.2. The van der Waals surface area contributed by atoms with E-state index in [1.165, 1.54) is 69.7 Å². The molecule has 4 aromatic heterocycles. The third-order valence-electron chi connectivity index (χ3n) is 12.4. The quantitative estimate of drug-likeness (QED) is 0.168. The molecule has 0 fully saturated rings. The number of hydrogen-bond donors (Lipinski definition) is 0. The number of fused-ring (bicyclic) bond motifs is 10. The van der Waals surface area contributed by atoms with Crippen molar-refractivity contribution in [1.29, 1.82) is 0 Å². The largest absolute Gasteiger partial charge is 0.309 e. The molecule has 0 amide bonds. The van der Waals surface area contributed by atoms with Gasteiger partial charge in [-0.2, -0.15) is 0 Å². The summed E-state index contributed by atoms with van der Waals surface area (Å²) in [6.07, 6.45) is 0. The smallest absolute Gasteiger partial charge is 0.166 e. The highest BCUT2D eigenvalue weighted by Crippen LogP contribution is 2.47. The molecule has 294 valence electrons. The van der Waals surface area contributed by atoms with Crippen LogP contribution in [-0.2, 0) is 0 Å². The number of benzene rings is 9. The van der Waals surface area contributed by atoms with Crippen molar-refractivity contribution >= 4 is 75.1 Å². The van der Waals surface area contributed by atoms with Crippen LogP contribution in [0.3, 0.4) is 0 Å². The van der Waals surface area contributed by atoms with E-state index in [1.54, 1.807) is 0 Å². The minimum absolute atomic E-state index is 0.629. The van der Waals surface area contributed by atoms with Gasteiger partial charge in [-0.3, -0.25) is 0 Å². The number of para-hydroxylation sites is 3. The van der Waals surface area contributed by atoms with Crippen LogP contribution in [0.5, 0.6) is 0 Å². The summed E-state index contributed by atoms with van der Waals surface area (Å²) in [6.45, 7) is 0. The maximum absolute atomic E-state index is 5.23. The highest BCUT2D eigenvalue weighted by atomic mass is 32.1. The molecule has 63 heavy (non-hydrogen) atoms. The van der Waals surface area contributed by atoms with Crippen molar-refractivity contribution in [3.05, 3.63) is 212 Å². The number of rotatable bonds is 6. The van der Waals surface area contributed by atoms with Crippen LogP contribution < -0.4 is 0 Å². The van der Waals surface area contributed by atoms with Crippen molar-refractivity contribution in [2.45, 2.75) is 0 Å². The molecule has 0 aliphatic heterocycles. The van der Waals surface area contributed by atoms with Crippen molar-refractivity contribution in [2.75, 3.05) is 0 Å². The summed E-state index contributed by atoms with van der Waals surface area (Å²) in [6, 6.07) is 75.5. The van der Waals surface area contributed by atoms with Crippen molar-refractivity contribution in [2.24, 2.45) is 0 Å². The Labute approximate surface area is 366 Å². The fourth-order valence-electron chi connectivity index (χ4n) is 9.58. The summed E-state index contributed by atoms with van der Waals surface area (Å²) in [5, 5.41) is 7.28. The van der Waals surface area contributed by atoms with E-state index in [9.17, 15) is 0 Å². The van der Waals surface area contributed by atoms with Crippen LogP contribution in [0.2, 0.25) is 0 Å². The molecule has 4 heterocycles. The van der Waals surface area contributed by atoms with Gasteiger partial charge in [-0.25, -0.2) is 15.0 Å². The molecule has 0 unspecified atom stereocenters. The van der Waals surface area contributed by atoms with Crippen LogP contribution in [-0.4, -0.2) is 24.1 Å². The predicted octanol–water partition coefficient (Wildman–Crippen LogP) is 15.1. The Morgan fingerprint density at radius 3 is 1.63 bits per heavy atom. The zero-order valence-electron chi connectivity index (χ0n) is 33.9. The Hall–Kier alpha value is -8.19. The molecule has 0 N–H and O–H groups in total. The van der Waals surface area contributed by atoms with Crippen LogP contribution in [0.25, 0.3) is 120 Å². The van der Waals surface area contributed by atoms with E-state index < -0.39 is 0 Å². The van der Waals surface area contributed by atoms with Gasteiger partial charge in [0.1, 0.15) is 0 Å². The number of thiophene rings is 1. The summed E-state index contributed by atoms with van der Waals surface area (Å²) in [5.41, 5.74) is 12.1. The number of aromatic nitrogens is 5. The van der Waals surface area contributed by atoms with Gasteiger partial charge in [0.15, 0.2) is 17.5 Å². The van der Waals surface area contributed by atoms with Crippen LogP contribution >= 0.6 is 11.3 Å². The molecule has 13 rings (SSSR count). The van der Waals surface area contributed by atoms with E-state index in [2.05, 4.69) is 185 Å². The molecule has 0 spiro atoms. The molecular weight excluding hydrogens is 787 g/mol. The molecule has 9 aromatic carbocycles. The SMILES string of the molecule is c1ccc(-c2ccc3c4ccccc4n(-c4cccc5sc6c(ccc7c8cccc(-c9nc(-c%10ccccc%10)nc(-c%10ccccc%10)n9)c8n(-c8ccccc8)c76)c45)c3c2)cc1. The third kappa shape index (κ3) is 5.59. The van der Waals surface area contributed by atoms with Crippen molar-refractivity contribution in [3.63, 3.8) is 0 Å². The van der Waals surface area contributed by atoms with E-state index in [-0.39, 0.29) is 0 Å². The zero-order chi connectivity index (χ0) is 41.4. The molecule has 0 saturated carbocycles. The first-order valence-electron chi connectivity index (χ1n) is 21.2. The fraction of sp³-hybridized carbons (Fsp3) is 0. The Morgan fingerprint density at radius 1 is 0.349 bits per heavy atom. The molecule has 6 heteroatoms. The average Bonchev–Trinajstić information content (AvgIpc) is 4.03. The second-order valence-corrected chi connectivity index (χ2v) is 17.0. The van der Waals surface area contributed by atoms with Crippen LogP contribution in [0, 0.1) is 0 Å². The lowest BCUT2D eigenvalue weighted by Gasteiger charge is -2.13. The highest BCUT2D eigenvalue weighted by molar-refractivity contribution is 7.26. The molecule has 0 aliphatic rings. The first-order valence-corrected chi connectivity index (χ1v) is 22.0. The lowest BCUT2D eigenvalue weighted by Crippen LogP contribution is -2.02. The standard InChI is InChI=1S/C57H35N5S/c1-5-17-36(18-6-1)39-31-32-42-41-25-13-14-28-47(41)62(49(42)35-39)48-29-16-30-50-51(48)45-34-33-44-43-26-15-27-46(52(43)61(53(44)54(45)63-50)40-23-11-4-12-24-40)57-59-55(37-19-7-2-8-20-37)58-56(60-57)38-21-9-3-10-22-38/h1-35H. The number of hydrogen-bond acceptors (Lipinski definition) is 4. The number of nitrogens with zero attached hydrogens (tertiary/aromatic N) is 5. The minimum Gasteiger partial charge on any atom is -0.309 e. The Morgan fingerprint density at radius 2 is 0.905 bits per heavy atom. The van der Waals surface area contributed by atoms with Gasteiger partial charge in [-0.1, -0.05) is 170 Å². The maximum Gasteiger partial charge on any atom is 0.166 e. The first kappa shape index (κ1) is 35.6. The Kier molecular flexibility index (Phi) is 8.01. The van der Waals surface area contributed by atoms with E-state index in [1.807, 2.05) is 47.7 Å². The molecule has 5 nitrogen and oxygen atoms in total. The Bertz CT molecular complexity index is 3830. The molecule has 13 aromatic rings. The van der Waals surface area contributed by atoms with Crippen LogP contribution in [0.4, 0.5) is 0 Å². The van der Waals surface area contributed by atoms with E-state index in [0.29, 0.717) is 17.5 Å². The first-order chi connectivity index (χ1) is 31.3. The van der Waals surface area contributed by atoms with E-state index in [0.717, 1.165) is 33.3 Å². The molecule has 0 aliphatic carbocycles. The lowest BCUT2D eigenvalue weighted by molar-refractivity contribution is 1.07. The van der Waals surface area contributed by atoms with Gasteiger partial charge in [0.2, 0.25) is 0 Å². The summed E-state index contributed by atoms with van der Waals surface area (Å²) in [7, 11) is 0. The van der Waals surface area contributed by atoms with Crippen LogP contribution in [0.1, 0.15) is 0 Å².